The van der Waals surface area contributed by atoms with Crippen LogP contribution in [0.2, 0.25) is 0 Å². The number of aromatic nitrogens is 3. The smallest absolute Gasteiger partial charge is 0.250 e. The summed E-state index contributed by atoms with van der Waals surface area (Å²) in [6.45, 7) is 4.19. The van der Waals surface area contributed by atoms with Gasteiger partial charge in [-0.05, 0) is 18.9 Å². The number of nitrogens with zero attached hydrogens (tertiary/aromatic N) is 3. The van der Waals surface area contributed by atoms with Crippen molar-refractivity contribution in [3.05, 3.63) is 39.8 Å². The van der Waals surface area contributed by atoms with Crippen LogP contribution in [0.3, 0.4) is 0 Å². The largest absolute Gasteiger partial charge is 0.306 e. The number of rotatable bonds is 6. The van der Waals surface area contributed by atoms with Crippen molar-refractivity contribution in [1.29, 1.82) is 0 Å². The molecule has 6 nitrogen and oxygen atoms in total. The van der Waals surface area contributed by atoms with E-state index in [1.165, 1.54) is 22.0 Å². The molecule has 2 aromatic rings. The van der Waals surface area contributed by atoms with Crippen molar-refractivity contribution in [2.75, 3.05) is 5.32 Å². The second-order valence-electron chi connectivity index (χ2n) is 4.67. The first kappa shape index (κ1) is 15.4. The van der Waals surface area contributed by atoms with Crippen LogP contribution in [0.25, 0.3) is 0 Å². The molecule has 0 aliphatic heterocycles. The fourth-order valence-corrected chi connectivity index (χ4v) is 3.02. The number of hydrogen-bond acceptors (Lipinski definition) is 5. The maximum Gasteiger partial charge on any atom is 0.250 e. The average molecular weight is 306 g/mol. The van der Waals surface area contributed by atoms with E-state index in [1.807, 2.05) is 0 Å². The molecule has 0 saturated carbocycles. The lowest BCUT2D eigenvalue weighted by molar-refractivity contribution is -0.116. The third-order valence-electron chi connectivity index (χ3n) is 3.23. The van der Waals surface area contributed by atoms with E-state index in [2.05, 4.69) is 29.4 Å². The van der Waals surface area contributed by atoms with Gasteiger partial charge in [-0.2, -0.15) is 0 Å². The highest BCUT2D eigenvalue weighted by Crippen LogP contribution is 2.27. The summed E-state index contributed by atoms with van der Waals surface area (Å²) in [5, 5.41) is 12.2. The van der Waals surface area contributed by atoms with E-state index in [4.69, 9.17) is 0 Å². The van der Waals surface area contributed by atoms with Gasteiger partial charge >= 0.3 is 0 Å². The van der Waals surface area contributed by atoms with Gasteiger partial charge in [0.2, 0.25) is 11.0 Å². The standard InChI is InChI=1S/C14H18N4O2S/c1-3-10(4-2)13-16-17-14(21-13)15-11(19)9-18-8-6-5-7-12(18)20/h5-8,10H,3-4,9H2,1-2H3,(H,15,17,19). The molecule has 0 aliphatic carbocycles. The lowest BCUT2D eigenvalue weighted by Crippen LogP contribution is -2.26. The first-order valence-corrected chi connectivity index (χ1v) is 7.74. The predicted molar refractivity (Wildman–Crippen MR) is 82.6 cm³/mol. The van der Waals surface area contributed by atoms with Gasteiger partial charge < -0.3 is 4.57 Å². The highest BCUT2D eigenvalue weighted by atomic mass is 32.1. The number of pyridine rings is 1. The Morgan fingerprint density at radius 2 is 2.10 bits per heavy atom. The van der Waals surface area contributed by atoms with E-state index in [9.17, 15) is 9.59 Å². The molecule has 0 aromatic carbocycles. The van der Waals surface area contributed by atoms with E-state index in [0.717, 1.165) is 17.8 Å². The molecule has 21 heavy (non-hydrogen) atoms. The van der Waals surface area contributed by atoms with Crippen molar-refractivity contribution in [3.63, 3.8) is 0 Å². The number of amides is 1. The third kappa shape index (κ3) is 3.98. The molecule has 1 amide bonds. The van der Waals surface area contributed by atoms with E-state index < -0.39 is 0 Å². The SMILES string of the molecule is CCC(CC)c1nnc(NC(=O)Cn2ccccc2=O)s1. The molecule has 2 rings (SSSR count). The summed E-state index contributed by atoms with van der Waals surface area (Å²) in [7, 11) is 0. The minimum Gasteiger partial charge on any atom is -0.306 e. The van der Waals surface area contributed by atoms with E-state index >= 15 is 0 Å². The zero-order valence-electron chi connectivity index (χ0n) is 12.1. The quantitative estimate of drug-likeness (QED) is 0.888. The van der Waals surface area contributed by atoms with Crippen LogP contribution < -0.4 is 10.9 Å². The first-order valence-electron chi connectivity index (χ1n) is 6.92. The maximum atomic E-state index is 11.9. The number of anilines is 1. The predicted octanol–water partition coefficient (Wildman–Crippen LogP) is 2.24. The molecule has 112 valence electrons. The molecule has 0 bridgehead atoms. The molecule has 0 aliphatic rings. The number of carbonyl (C=O) groups excluding carboxylic acids is 1. The molecule has 1 N–H and O–H groups in total. The van der Waals surface area contributed by atoms with Gasteiger partial charge in [0.05, 0.1) is 0 Å². The Labute approximate surface area is 126 Å². The van der Waals surface area contributed by atoms with Crippen molar-refractivity contribution >= 4 is 22.4 Å². The Balaban J connectivity index is 2.00. The Kier molecular flexibility index (Phi) is 5.21. The van der Waals surface area contributed by atoms with Crippen LogP contribution in [-0.2, 0) is 11.3 Å². The van der Waals surface area contributed by atoms with Gasteiger partial charge in [-0.1, -0.05) is 31.3 Å². The van der Waals surface area contributed by atoms with Crippen LogP contribution in [0.1, 0.15) is 37.6 Å². The van der Waals surface area contributed by atoms with Crippen LogP contribution in [0.15, 0.2) is 29.2 Å². The third-order valence-corrected chi connectivity index (χ3v) is 4.24. The minimum atomic E-state index is -0.282. The Hall–Kier alpha value is -2.02. The van der Waals surface area contributed by atoms with Gasteiger partial charge in [-0.3, -0.25) is 14.9 Å². The second-order valence-corrected chi connectivity index (χ2v) is 5.68. The van der Waals surface area contributed by atoms with Crippen LogP contribution in [0, 0.1) is 0 Å². The second kappa shape index (κ2) is 7.12. The van der Waals surface area contributed by atoms with Gasteiger partial charge in [0.25, 0.3) is 5.56 Å². The molecule has 0 saturated heterocycles. The number of nitrogens with one attached hydrogen (secondary N) is 1. The molecule has 7 heteroatoms. The van der Waals surface area contributed by atoms with Gasteiger partial charge in [0.1, 0.15) is 11.6 Å². The summed E-state index contributed by atoms with van der Waals surface area (Å²) >= 11 is 1.39. The zero-order valence-corrected chi connectivity index (χ0v) is 12.9. The van der Waals surface area contributed by atoms with Gasteiger partial charge in [0, 0.05) is 18.2 Å². The highest BCUT2D eigenvalue weighted by molar-refractivity contribution is 7.15. The molecule has 2 heterocycles. The summed E-state index contributed by atoms with van der Waals surface area (Å²) in [6, 6.07) is 4.78. The minimum absolute atomic E-state index is 0.0282. The van der Waals surface area contributed by atoms with E-state index in [0.29, 0.717) is 11.0 Å². The summed E-state index contributed by atoms with van der Waals surface area (Å²) in [5.74, 6) is 0.0976. The van der Waals surface area contributed by atoms with Crippen molar-refractivity contribution in [2.24, 2.45) is 0 Å². The van der Waals surface area contributed by atoms with E-state index in [-0.39, 0.29) is 18.0 Å². The summed E-state index contributed by atoms with van der Waals surface area (Å²) in [5.41, 5.74) is -0.206. The summed E-state index contributed by atoms with van der Waals surface area (Å²) < 4.78 is 1.35. The monoisotopic (exact) mass is 306 g/mol. The normalized spacial score (nSPS) is 10.8. The number of hydrogen-bond donors (Lipinski definition) is 1. The molecule has 0 radical (unpaired) electrons. The Bertz CT molecular complexity index is 661. The molecular weight excluding hydrogens is 288 g/mol. The molecule has 0 unspecified atom stereocenters. The van der Waals surface area contributed by atoms with Gasteiger partial charge in [-0.25, -0.2) is 0 Å². The highest BCUT2D eigenvalue weighted by Gasteiger charge is 2.14. The topological polar surface area (TPSA) is 76.9 Å². The van der Waals surface area contributed by atoms with Crippen LogP contribution in [-0.4, -0.2) is 20.7 Å². The van der Waals surface area contributed by atoms with Crippen molar-refractivity contribution in [3.8, 4) is 0 Å². The fourth-order valence-electron chi connectivity index (χ4n) is 1.99. The van der Waals surface area contributed by atoms with E-state index in [1.54, 1.807) is 18.3 Å². The maximum absolute atomic E-state index is 11.9. The number of carbonyl (C=O) groups is 1. The molecule has 2 aromatic heterocycles. The molecule has 0 fully saturated rings. The van der Waals surface area contributed by atoms with Gasteiger partial charge in [-0.15, -0.1) is 10.2 Å². The van der Waals surface area contributed by atoms with Gasteiger partial charge in [0.15, 0.2) is 0 Å². The summed E-state index contributed by atoms with van der Waals surface area (Å²) in [6.07, 6.45) is 3.58. The van der Waals surface area contributed by atoms with Crippen LogP contribution >= 0.6 is 11.3 Å². The van der Waals surface area contributed by atoms with Crippen LogP contribution in [0.4, 0.5) is 5.13 Å². The summed E-state index contributed by atoms with van der Waals surface area (Å²) in [4.78, 5) is 23.5. The van der Waals surface area contributed by atoms with Crippen molar-refractivity contribution < 1.29 is 4.79 Å². The average Bonchev–Trinajstić information content (AvgIpc) is 2.91. The fraction of sp³-hybridized carbons (Fsp3) is 0.429. The lowest BCUT2D eigenvalue weighted by Gasteiger charge is -2.06. The first-order chi connectivity index (χ1) is 10.1. The Morgan fingerprint density at radius 3 is 2.76 bits per heavy atom. The Morgan fingerprint density at radius 1 is 1.33 bits per heavy atom. The molecule has 0 atom stereocenters. The molecule has 0 spiro atoms. The van der Waals surface area contributed by atoms with Crippen molar-refractivity contribution in [1.82, 2.24) is 14.8 Å². The van der Waals surface area contributed by atoms with Crippen molar-refractivity contribution in [2.45, 2.75) is 39.2 Å². The van der Waals surface area contributed by atoms with Crippen LogP contribution in [0.5, 0.6) is 0 Å². The zero-order chi connectivity index (χ0) is 15.2. The lowest BCUT2D eigenvalue weighted by atomic mass is 10.1. The molecular formula is C14H18N4O2S.